The van der Waals surface area contributed by atoms with Crippen LogP contribution in [0.1, 0.15) is 12.8 Å². The predicted molar refractivity (Wildman–Crippen MR) is 64.8 cm³/mol. The third-order valence-corrected chi connectivity index (χ3v) is 2.93. The maximum Gasteiger partial charge on any atom is 0.246 e. The molecule has 17 heavy (non-hydrogen) atoms. The highest BCUT2D eigenvalue weighted by Crippen LogP contribution is 2.29. The van der Waals surface area contributed by atoms with E-state index < -0.39 is 0 Å². The van der Waals surface area contributed by atoms with Crippen LogP contribution >= 0.6 is 0 Å². The Bertz CT molecular complexity index is 527. The van der Waals surface area contributed by atoms with Gasteiger partial charge in [-0.3, -0.25) is 0 Å². The maximum atomic E-state index is 9.07. The Balaban J connectivity index is 1.97. The summed E-state index contributed by atoms with van der Waals surface area (Å²) >= 11 is 0. The first kappa shape index (κ1) is 10.4. The molecule has 3 rings (SSSR count). The van der Waals surface area contributed by atoms with E-state index in [0.717, 1.165) is 23.9 Å². The van der Waals surface area contributed by atoms with Gasteiger partial charge in [0.2, 0.25) is 5.95 Å². The molecule has 0 amide bonds. The number of benzene rings is 1. The fourth-order valence-electron chi connectivity index (χ4n) is 1.93. The van der Waals surface area contributed by atoms with Crippen LogP contribution in [-0.4, -0.2) is 39.5 Å². The van der Waals surface area contributed by atoms with Crippen molar-refractivity contribution in [1.82, 2.24) is 15.2 Å². The van der Waals surface area contributed by atoms with E-state index in [1.807, 2.05) is 29.2 Å². The van der Waals surface area contributed by atoms with Gasteiger partial charge < -0.3 is 10.0 Å². The van der Waals surface area contributed by atoms with Gasteiger partial charge in [-0.2, -0.15) is 0 Å². The van der Waals surface area contributed by atoms with Crippen LogP contribution in [0.3, 0.4) is 0 Å². The van der Waals surface area contributed by atoms with E-state index in [0.29, 0.717) is 18.5 Å². The zero-order valence-electron chi connectivity index (χ0n) is 9.45. The molecule has 2 aromatic rings. The minimum Gasteiger partial charge on any atom is -0.395 e. The van der Waals surface area contributed by atoms with E-state index in [4.69, 9.17) is 5.11 Å². The summed E-state index contributed by atoms with van der Waals surface area (Å²) < 4.78 is 0. The molecular formula is C12H14N4O. The van der Waals surface area contributed by atoms with Gasteiger partial charge in [-0.15, -0.1) is 10.2 Å². The van der Waals surface area contributed by atoms with Crippen LogP contribution in [0.4, 0.5) is 5.95 Å². The molecule has 1 aliphatic carbocycles. The van der Waals surface area contributed by atoms with Crippen molar-refractivity contribution < 1.29 is 5.11 Å². The topological polar surface area (TPSA) is 62.1 Å². The minimum atomic E-state index is 0.118. The van der Waals surface area contributed by atoms with Gasteiger partial charge in [-0.05, 0) is 25.0 Å². The van der Waals surface area contributed by atoms with Crippen molar-refractivity contribution in [1.29, 1.82) is 0 Å². The number of hydrogen-bond acceptors (Lipinski definition) is 5. The number of para-hydroxylation sites is 1. The third kappa shape index (κ3) is 2.06. The molecule has 5 nitrogen and oxygen atoms in total. The Morgan fingerprint density at radius 2 is 1.94 bits per heavy atom. The van der Waals surface area contributed by atoms with Crippen molar-refractivity contribution in [2.45, 2.75) is 18.9 Å². The van der Waals surface area contributed by atoms with Crippen molar-refractivity contribution in [3.05, 3.63) is 24.3 Å². The second-order valence-corrected chi connectivity index (χ2v) is 4.25. The Morgan fingerprint density at radius 3 is 2.65 bits per heavy atom. The highest BCUT2D eigenvalue weighted by Gasteiger charge is 2.30. The summed E-state index contributed by atoms with van der Waals surface area (Å²) in [5.74, 6) is 0.625. The van der Waals surface area contributed by atoms with Crippen LogP contribution in [0.25, 0.3) is 11.0 Å². The highest BCUT2D eigenvalue weighted by molar-refractivity contribution is 5.74. The largest absolute Gasteiger partial charge is 0.395 e. The molecule has 1 heterocycles. The molecule has 1 aromatic heterocycles. The minimum absolute atomic E-state index is 0.118. The van der Waals surface area contributed by atoms with Crippen molar-refractivity contribution in [2.75, 3.05) is 18.1 Å². The Labute approximate surface area is 99.1 Å². The van der Waals surface area contributed by atoms with Crippen molar-refractivity contribution in [3.8, 4) is 0 Å². The Hall–Kier alpha value is -1.75. The van der Waals surface area contributed by atoms with Crippen LogP contribution in [0.5, 0.6) is 0 Å². The number of rotatable bonds is 4. The lowest BCUT2D eigenvalue weighted by atomic mass is 10.3. The first-order chi connectivity index (χ1) is 8.38. The summed E-state index contributed by atoms with van der Waals surface area (Å²) in [5.41, 5.74) is 1.65. The fourth-order valence-corrected chi connectivity index (χ4v) is 1.93. The molecular weight excluding hydrogens is 216 g/mol. The van der Waals surface area contributed by atoms with Gasteiger partial charge in [-0.1, -0.05) is 12.1 Å². The average Bonchev–Trinajstić information content (AvgIpc) is 3.20. The van der Waals surface area contributed by atoms with Crippen LogP contribution < -0.4 is 4.90 Å². The zero-order valence-corrected chi connectivity index (χ0v) is 9.45. The van der Waals surface area contributed by atoms with Crippen LogP contribution in [0.2, 0.25) is 0 Å². The summed E-state index contributed by atoms with van der Waals surface area (Å²) in [6.45, 7) is 0.692. The van der Waals surface area contributed by atoms with Gasteiger partial charge in [0.25, 0.3) is 0 Å². The summed E-state index contributed by atoms with van der Waals surface area (Å²) in [7, 11) is 0. The first-order valence-electron chi connectivity index (χ1n) is 5.85. The molecule has 0 bridgehead atoms. The number of hydrogen-bond donors (Lipinski definition) is 1. The van der Waals surface area contributed by atoms with E-state index in [1.165, 1.54) is 0 Å². The molecule has 88 valence electrons. The van der Waals surface area contributed by atoms with Gasteiger partial charge >= 0.3 is 0 Å². The average molecular weight is 230 g/mol. The summed E-state index contributed by atoms with van der Waals surface area (Å²) in [6.07, 6.45) is 2.30. The van der Waals surface area contributed by atoms with Crippen molar-refractivity contribution in [2.24, 2.45) is 0 Å². The van der Waals surface area contributed by atoms with E-state index >= 15 is 0 Å². The summed E-state index contributed by atoms with van der Waals surface area (Å²) in [4.78, 5) is 6.54. The van der Waals surface area contributed by atoms with E-state index in [2.05, 4.69) is 15.2 Å². The SMILES string of the molecule is OCCN(c1nnc2ccccc2n1)C1CC1. The molecule has 0 unspecified atom stereocenters. The number of aromatic nitrogens is 3. The quantitative estimate of drug-likeness (QED) is 0.848. The molecule has 1 fully saturated rings. The lowest BCUT2D eigenvalue weighted by Gasteiger charge is -2.20. The second kappa shape index (κ2) is 4.25. The first-order valence-corrected chi connectivity index (χ1v) is 5.85. The molecule has 5 heteroatoms. The normalized spacial score (nSPS) is 15.1. The van der Waals surface area contributed by atoms with Gasteiger partial charge in [-0.25, -0.2) is 4.98 Å². The molecule has 0 radical (unpaired) electrons. The van der Waals surface area contributed by atoms with Gasteiger partial charge in [0.05, 0.1) is 12.1 Å². The number of anilines is 1. The highest BCUT2D eigenvalue weighted by atomic mass is 16.3. The van der Waals surface area contributed by atoms with Crippen LogP contribution in [0.15, 0.2) is 24.3 Å². The third-order valence-electron chi connectivity index (χ3n) is 2.93. The molecule has 1 N–H and O–H groups in total. The monoisotopic (exact) mass is 230 g/mol. The molecule has 0 aliphatic heterocycles. The predicted octanol–water partition coefficient (Wildman–Crippen LogP) is 0.986. The van der Waals surface area contributed by atoms with Crippen LogP contribution in [-0.2, 0) is 0 Å². The fraction of sp³-hybridized carbons (Fsp3) is 0.417. The van der Waals surface area contributed by atoms with Crippen molar-refractivity contribution in [3.63, 3.8) is 0 Å². The number of nitrogens with zero attached hydrogens (tertiary/aromatic N) is 4. The lowest BCUT2D eigenvalue weighted by Crippen LogP contribution is -2.30. The number of aliphatic hydroxyl groups excluding tert-OH is 1. The zero-order chi connectivity index (χ0) is 11.7. The van der Waals surface area contributed by atoms with E-state index in [-0.39, 0.29) is 6.61 Å². The van der Waals surface area contributed by atoms with Crippen LogP contribution in [0, 0.1) is 0 Å². The van der Waals surface area contributed by atoms with Crippen molar-refractivity contribution >= 4 is 17.0 Å². The molecule has 0 spiro atoms. The standard InChI is InChI=1S/C12H14N4O/c17-8-7-16(9-5-6-9)12-13-10-3-1-2-4-11(10)14-15-12/h1-4,9,17H,5-8H2. The van der Waals surface area contributed by atoms with Gasteiger partial charge in [0.1, 0.15) is 5.52 Å². The molecule has 1 aromatic carbocycles. The number of aliphatic hydroxyl groups is 1. The second-order valence-electron chi connectivity index (χ2n) is 4.25. The number of fused-ring (bicyclic) bond motifs is 1. The molecule has 0 saturated heterocycles. The molecule has 1 aliphatic rings. The lowest BCUT2D eigenvalue weighted by molar-refractivity contribution is 0.300. The summed E-state index contributed by atoms with van der Waals surface area (Å²) in [5, 5.41) is 17.4. The smallest absolute Gasteiger partial charge is 0.246 e. The van der Waals surface area contributed by atoms with Gasteiger partial charge in [0, 0.05) is 12.6 Å². The maximum absolute atomic E-state index is 9.07. The molecule has 0 atom stereocenters. The Kier molecular flexibility index (Phi) is 2.60. The van der Waals surface area contributed by atoms with Gasteiger partial charge in [0.15, 0.2) is 0 Å². The molecule has 1 saturated carbocycles. The van der Waals surface area contributed by atoms with E-state index in [9.17, 15) is 0 Å². The summed E-state index contributed by atoms with van der Waals surface area (Å²) in [6, 6.07) is 8.16. The Morgan fingerprint density at radius 1 is 1.18 bits per heavy atom. The van der Waals surface area contributed by atoms with E-state index in [1.54, 1.807) is 0 Å².